The fraction of sp³-hybridized carbons (Fsp3) is 0.341. The Balaban J connectivity index is 0.855. The number of aliphatic hydroxyl groups is 1. The monoisotopic (exact) mass is 758 g/mol. The number of carbonyl (C=O) groups is 2. The number of epoxide rings is 1. The molecule has 4 heterocycles. The van der Waals surface area contributed by atoms with Crippen LogP contribution in [-0.4, -0.2) is 82.7 Å². The van der Waals surface area contributed by atoms with Crippen molar-refractivity contribution in [1.29, 1.82) is 0 Å². The van der Waals surface area contributed by atoms with Gasteiger partial charge in [-0.05, 0) is 71.5 Å². The number of nitrogens with one attached hydrogen (secondary N) is 4. The number of phenolic OH excluding ortho intramolecular Hbond substituents is 1. The first kappa shape index (κ1) is 37.4. The number of ether oxygens (including phenoxy) is 2. The van der Waals surface area contributed by atoms with Crippen LogP contribution < -0.4 is 21.5 Å². The first-order chi connectivity index (χ1) is 26.9. The van der Waals surface area contributed by atoms with Crippen molar-refractivity contribution < 1.29 is 33.8 Å². The third-order valence-electron chi connectivity index (χ3n) is 11.9. The molecule has 2 amide bonds. The lowest BCUT2D eigenvalue weighted by Gasteiger charge is -2.45. The van der Waals surface area contributed by atoms with Gasteiger partial charge >= 0.3 is 6.09 Å². The molecule has 0 radical (unpaired) electrons. The van der Waals surface area contributed by atoms with Crippen LogP contribution in [0.3, 0.4) is 0 Å². The van der Waals surface area contributed by atoms with Crippen LogP contribution in [0.15, 0.2) is 95.8 Å². The number of aliphatic hydroxyl groups excluding tert-OH is 1. The zero-order chi connectivity index (χ0) is 39.1. The summed E-state index contributed by atoms with van der Waals surface area (Å²) >= 11 is 0. The van der Waals surface area contributed by atoms with Gasteiger partial charge in [0.15, 0.2) is 0 Å². The van der Waals surface area contributed by atoms with Gasteiger partial charge in [0.25, 0.3) is 0 Å². The Kier molecular flexibility index (Phi) is 10.1. The standard InChI is InChI=1S/C44H47N5O7/c1-25-19-29(12-11-28(25)23-45-24-38(51)32-14-16-37(50)41-33(32)15-18-40(53)48-41)46-39(52)17-10-26-9-13-31(27-7-5-4-6-8-27)34(20-26)47-44(54)55-30-21-35-42-43(56-42)36(22-30)49(35,2)3/h4-9,11-16,18-20,30,35-36,38,42-43,45,51H,10,17,21-24H2,1-3H3,(H3-,46,47,48,50,52,53,54)/p+1/t30?,35-,36+,38-,42-,43+/m0/s1. The number of pyridine rings is 1. The number of hydrogen-bond donors (Lipinski definition) is 6. The van der Waals surface area contributed by atoms with Crippen molar-refractivity contribution in [2.45, 2.75) is 75.7 Å². The maximum absolute atomic E-state index is 13.3. The Morgan fingerprint density at radius 2 is 1.71 bits per heavy atom. The van der Waals surface area contributed by atoms with E-state index in [-0.39, 0.29) is 48.5 Å². The van der Waals surface area contributed by atoms with Gasteiger partial charge in [0.05, 0.1) is 31.4 Å². The molecule has 0 spiro atoms. The number of likely N-dealkylation sites (N-methyl/N-ethyl adjacent to an activating group) is 1. The number of aromatic hydroxyl groups is 1. The Morgan fingerprint density at radius 1 is 0.946 bits per heavy atom. The molecular formula is C44H48N5O7+. The predicted octanol–water partition coefficient (Wildman–Crippen LogP) is 5.91. The normalized spacial score (nSPS) is 22.2. The summed E-state index contributed by atoms with van der Waals surface area (Å²) in [6.07, 6.45) is 1.34. The second-order valence-corrected chi connectivity index (χ2v) is 15.8. The van der Waals surface area contributed by atoms with Crippen molar-refractivity contribution >= 4 is 34.3 Å². The van der Waals surface area contributed by atoms with Gasteiger partial charge in [0.2, 0.25) is 11.5 Å². The van der Waals surface area contributed by atoms with Gasteiger partial charge in [0.1, 0.15) is 36.1 Å². The van der Waals surface area contributed by atoms with Crippen molar-refractivity contribution in [3.8, 4) is 16.9 Å². The minimum absolute atomic E-state index is 0.0558. The highest BCUT2D eigenvalue weighted by Crippen LogP contribution is 2.51. The number of nitrogens with zero attached hydrogens (tertiary/aromatic N) is 1. The van der Waals surface area contributed by atoms with E-state index in [1.807, 2.05) is 73.7 Å². The number of aryl methyl sites for hydroxylation is 2. The summed E-state index contributed by atoms with van der Waals surface area (Å²) in [7, 11) is 4.50. The molecule has 3 aliphatic rings. The number of benzene rings is 4. The maximum Gasteiger partial charge on any atom is 0.411 e. The van der Waals surface area contributed by atoms with E-state index >= 15 is 0 Å². The van der Waals surface area contributed by atoms with E-state index < -0.39 is 12.2 Å². The molecule has 3 fully saturated rings. The molecule has 3 saturated heterocycles. The quantitative estimate of drug-likeness (QED) is 0.0676. The van der Waals surface area contributed by atoms with Crippen molar-refractivity contribution in [1.82, 2.24) is 10.3 Å². The van der Waals surface area contributed by atoms with Gasteiger partial charge in [0, 0.05) is 55.1 Å². The lowest BCUT2D eigenvalue weighted by Crippen LogP contribution is -2.60. The number of rotatable bonds is 12. The number of H-pyrrole nitrogens is 1. The van der Waals surface area contributed by atoms with Crippen LogP contribution in [0, 0.1) is 6.92 Å². The number of hydrogen-bond acceptors (Lipinski definition) is 8. The number of piperidine rings is 1. The lowest BCUT2D eigenvalue weighted by molar-refractivity contribution is -0.938. The molecule has 6 N–H and O–H groups in total. The molecule has 0 saturated carbocycles. The highest BCUT2D eigenvalue weighted by Gasteiger charge is 2.70. The Labute approximate surface area is 325 Å². The average molecular weight is 759 g/mol. The fourth-order valence-corrected chi connectivity index (χ4v) is 8.77. The van der Waals surface area contributed by atoms with E-state index in [9.17, 15) is 24.6 Å². The zero-order valence-electron chi connectivity index (χ0n) is 31.7. The molecule has 12 nitrogen and oxygen atoms in total. The van der Waals surface area contributed by atoms with Crippen LogP contribution in [0.2, 0.25) is 0 Å². The molecule has 8 rings (SSSR count). The summed E-state index contributed by atoms with van der Waals surface area (Å²) < 4.78 is 12.8. The summed E-state index contributed by atoms with van der Waals surface area (Å²) in [5.41, 5.74) is 6.62. The molecule has 2 bridgehead atoms. The van der Waals surface area contributed by atoms with Crippen molar-refractivity contribution in [3.05, 3.63) is 124 Å². The van der Waals surface area contributed by atoms with Crippen molar-refractivity contribution in [3.63, 3.8) is 0 Å². The largest absolute Gasteiger partial charge is 0.506 e. The number of carbonyl (C=O) groups excluding carboxylic acids is 2. The Bertz CT molecular complexity index is 2320. The molecule has 4 aromatic carbocycles. The molecule has 12 heteroatoms. The second-order valence-electron chi connectivity index (χ2n) is 15.8. The number of phenols is 1. The number of aromatic nitrogens is 1. The van der Waals surface area contributed by atoms with E-state index in [0.29, 0.717) is 52.9 Å². The highest BCUT2D eigenvalue weighted by molar-refractivity contribution is 5.93. The lowest BCUT2D eigenvalue weighted by atomic mass is 9.96. The topological polar surface area (TPSA) is 165 Å². The first-order valence-corrected chi connectivity index (χ1v) is 19.2. The minimum Gasteiger partial charge on any atom is -0.506 e. The van der Waals surface area contributed by atoms with E-state index in [1.54, 1.807) is 12.1 Å². The van der Waals surface area contributed by atoms with Gasteiger partial charge in [-0.2, -0.15) is 0 Å². The number of fused-ring (bicyclic) bond motifs is 6. The van der Waals surface area contributed by atoms with Crippen LogP contribution >= 0.6 is 0 Å². The molecule has 1 aromatic heterocycles. The molecule has 0 aliphatic carbocycles. The summed E-state index contributed by atoms with van der Waals surface area (Å²) in [6, 6.07) is 28.2. The van der Waals surface area contributed by atoms with Gasteiger partial charge in [-0.3, -0.25) is 14.9 Å². The van der Waals surface area contributed by atoms with Crippen LogP contribution in [0.25, 0.3) is 22.0 Å². The third kappa shape index (κ3) is 7.65. The summed E-state index contributed by atoms with van der Waals surface area (Å²) in [4.78, 5) is 40.8. The second kappa shape index (κ2) is 15.2. The van der Waals surface area contributed by atoms with Gasteiger partial charge in [-0.15, -0.1) is 0 Å². The smallest absolute Gasteiger partial charge is 0.411 e. The van der Waals surface area contributed by atoms with E-state index in [0.717, 1.165) is 45.1 Å². The van der Waals surface area contributed by atoms with Crippen LogP contribution in [-0.2, 0) is 27.2 Å². The maximum atomic E-state index is 13.3. The third-order valence-corrected chi connectivity index (χ3v) is 11.9. The molecular weight excluding hydrogens is 711 g/mol. The van der Waals surface area contributed by atoms with E-state index in [1.165, 1.54) is 12.1 Å². The van der Waals surface area contributed by atoms with Crippen LogP contribution in [0.4, 0.5) is 16.2 Å². The molecule has 56 heavy (non-hydrogen) atoms. The number of amides is 2. The van der Waals surface area contributed by atoms with Crippen LogP contribution in [0.5, 0.6) is 5.75 Å². The fourth-order valence-electron chi connectivity index (χ4n) is 8.77. The van der Waals surface area contributed by atoms with Gasteiger partial charge in [-0.25, -0.2) is 4.79 Å². The first-order valence-electron chi connectivity index (χ1n) is 19.2. The zero-order valence-corrected chi connectivity index (χ0v) is 31.7. The SMILES string of the molecule is Cc1cc(NC(=O)CCc2ccc(-c3ccccc3)c(NC(=O)OC3C[C@@H]4[C@H]5O[C@H]5[C@H](C3)[N+]4(C)C)c2)ccc1CNC[C@H](O)c1ccc(O)c2[nH]c(=O)ccc12. The Hall–Kier alpha value is -5.53. The number of aromatic amines is 1. The average Bonchev–Trinajstić information content (AvgIpc) is 3.94. The summed E-state index contributed by atoms with van der Waals surface area (Å²) in [5, 5.41) is 31.0. The number of anilines is 2. The molecule has 290 valence electrons. The van der Waals surface area contributed by atoms with Crippen molar-refractivity contribution in [2.75, 3.05) is 31.3 Å². The van der Waals surface area contributed by atoms with Crippen molar-refractivity contribution in [2.24, 2.45) is 0 Å². The molecule has 3 aliphatic heterocycles. The summed E-state index contributed by atoms with van der Waals surface area (Å²) in [5.74, 6) is -0.183. The minimum atomic E-state index is -0.872. The molecule has 5 aromatic rings. The molecule has 1 unspecified atom stereocenters. The van der Waals surface area contributed by atoms with Gasteiger partial charge < -0.3 is 39.8 Å². The summed E-state index contributed by atoms with van der Waals surface area (Å²) in [6.45, 7) is 2.70. The van der Waals surface area contributed by atoms with Crippen LogP contribution in [0.1, 0.15) is 47.6 Å². The number of quaternary nitrogens is 1. The molecule has 6 atom stereocenters. The number of morpholine rings is 1. The highest BCUT2D eigenvalue weighted by atomic mass is 16.6. The Morgan fingerprint density at radius 3 is 2.46 bits per heavy atom. The predicted molar refractivity (Wildman–Crippen MR) is 214 cm³/mol. The van der Waals surface area contributed by atoms with E-state index in [4.69, 9.17) is 9.47 Å². The van der Waals surface area contributed by atoms with Gasteiger partial charge in [-0.1, -0.05) is 54.6 Å². The van der Waals surface area contributed by atoms with E-state index in [2.05, 4.69) is 35.0 Å².